The monoisotopic (exact) mass is 341 g/mol. The summed E-state index contributed by atoms with van der Waals surface area (Å²) in [5, 5.41) is 2.49. The third kappa shape index (κ3) is 4.92. The van der Waals surface area contributed by atoms with Crippen molar-refractivity contribution >= 4 is 30.7 Å². The third-order valence-corrected chi connectivity index (χ3v) is 3.56. The molecule has 1 fully saturated rings. The zero-order chi connectivity index (χ0) is 15.9. The lowest BCUT2D eigenvalue weighted by atomic mass is 10.0. The number of aromatic nitrogens is 1. The maximum Gasteiger partial charge on any atom is 0.303 e. The number of ether oxygens (including phenoxy) is 1. The molecular formula is C15H20ClN3O4. The molecule has 8 heteroatoms. The molecule has 1 aromatic heterocycles. The topological polar surface area (TPSA) is 88.6 Å². The quantitative estimate of drug-likeness (QED) is 0.612. The van der Waals surface area contributed by atoms with Crippen LogP contribution in [0.15, 0.2) is 24.5 Å². The van der Waals surface area contributed by atoms with E-state index in [0.717, 1.165) is 12.8 Å². The highest BCUT2D eigenvalue weighted by atomic mass is 35.5. The van der Waals surface area contributed by atoms with Gasteiger partial charge in [-0.3, -0.25) is 19.4 Å². The molecule has 2 rings (SSSR count). The molecule has 2 amide bonds. The maximum atomic E-state index is 12.6. The lowest BCUT2D eigenvalue weighted by molar-refractivity contribution is -0.152. The lowest BCUT2D eigenvalue weighted by Crippen LogP contribution is -2.49. The Kier molecular flexibility index (Phi) is 7.47. The van der Waals surface area contributed by atoms with Crippen LogP contribution in [0.1, 0.15) is 31.4 Å². The van der Waals surface area contributed by atoms with Crippen molar-refractivity contribution in [3.63, 3.8) is 0 Å². The van der Waals surface area contributed by atoms with E-state index in [0.29, 0.717) is 25.1 Å². The number of rotatable bonds is 6. The molecule has 0 bridgehead atoms. The van der Waals surface area contributed by atoms with Crippen LogP contribution < -0.4 is 5.32 Å². The van der Waals surface area contributed by atoms with Crippen molar-refractivity contribution in [3.8, 4) is 0 Å². The SMILES string of the molecule is CC(=O)OC(c1ccncc1)C(NC=O)C(=O)N1CCCC1.Cl. The van der Waals surface area contributed by atoms with Crippen molar-refractivity contribution < 1.29 is 19.1 Å². The molecule has 7 nitrogen and oxygen atoms in total. The molecule has 1 saturated heterocycles. The van der Waals surface area contributed by atoms with Crippen molar-refractivity contribution in [2.24, 2.45) is 0 Å². The van der Waals surface area contributed by atoms with Crippen molar-refractivity contribution in [1.29, 1.82) is 0 Å². The first-order chi connectivity index (χ1) is 10.6. The van der Waals surface area contributed by atoms with Gasteiger partial charge < -0.3 is 15.0 Å². The number of esters is 1. The van der Waals surface area contributed by atoms with Crippen LogP contribution in [0.2, 0.25) is 0 Å². The fourth-order valence-corrected chi connectivity index (χ4v) is 2.56. The summed E-state index contributed by atoms with van der Waals surface area (Å²) in [5.41, 5.74) is 0.608. The van der Waals surface area contributed by atoms with Gasteiger partial charge in [0.2, 0.25) is 12.3 Å². The number of carbonyl (C=O) groups is 3. The fraction of sp³-hybridized carbons (Fsp3) is 0.467. The Morgan fingerprint density at radius 3 is 2.43 bits per heavy atom. The van der Waals surface area contributed by atoms with Crippen LogP contribution in [-0.2, 0) is 19.1 Å². The first-order valence-corrected chi connectivity index (χ1v) is 7.19. The Morgan fingerprint density at radius 2 is 1.91 bits per heavy atom. The Labute approximate surface area is 140 Å². The number of halogens is 1. The molecule has 23 heavy (non-hydrogen) atoms. The van der Waals surface area contributed by atoms with Gasteiger partial charge in [0, 0.05) is 32.4 Å². The second kappa shape index (κ2) is 9.09. The number of amides is 2. The smallest absolute Gasteiger partial charge is 0.303 e. The minimum absolute atomic E-state index is 0. The molecule has 1 N–H and O–H groups in total. The van der Waals surface area contributed by atoms with Gasteiger partial charge in [-0.25, -0.2) is 0 Å². The summed E-state index contributed by atoms with van der Waals surface area (Å²) in [6.45, 7) is 2.57. The average Bonchev–Trinajstić information content (AvgIpc) is 3.05. The fourth-order valence-electron chi connectivity index (χ4n) is 2.56. The van der Waals surface area contributed by atoms with E-state index in [1.54, 1.807) is 29.4 Å². The highest BCUT2D eigenvalue weighted by Crippen LogP contribution is 2.24. The molecular weight excluding hydrogens is 322 g/mol. The van der Waals surface area contributed by atoms with Gasteiger partial charge in [0.05, 0.1) is 0 Å². The van der Waals surface area contributed by atoms with E-state index in [2.05, 4.69) is 10.3 Å². The first kappa shape index (κ1) is 18.9. The van der Waals surface area contributed by atoms with E-state index in [1.807, 2.05) is 0 Å². The van der Waals surface area contributed by atoms with Gasteiger partial charge in [0.15, 0.2) is 6.10 Å². The number of nitrogens with zero attached hydrogens (tertiary/aromatic N) is 2. The Balaban J connectivity index is 0.00000264. The van der Waals surface area contributed by atoms with Gasteiger partial charge in [-0.15, -0.1) is 12.4 Å². The molecule has 2 heterocycles. The molecule has 2 unspecified atom stereocenters. The third-order valence-electron chi connectivity index (χ3n) is 3.56. The van der Waals surface area contributed by atoms with Crippen molar-refractivity contribution in [2.75, 3.05) is 13.1 Å². The normalized spacial score (nSPS) is 16.0. The summed E-state index contributed by atoms with van der Waals surface area (Å²) in [5.74, 6) is -0.763. The van der Waals surface area contributed by atoms with E-state index in [-0.39, 0.29) is 18.3 Å². The molecule has 1 aromatic rings. The van der Waals surface area contributed by atoms with Crippen LogP contribution in [0.25, 0.3) is 0 Å². The van der Waals surface area contributed by atoms with Gasteiger partial charge >= 0.3 is 5.97 Å². The van der Waals surface area contributed by atoms with Crippen LogP contribution in [0.3, 0.4) is 0 Å². The summed E-state index contributed by atoms with van der Waals surface area (Å²) in [7, 11) is 0. The number of hydrogen-bond donors (Lipinski definition) is 1. The summed E-state index contributed by atoms with van der Waals surface area (Å²) >= 11 is 0. The molecule has 2 atom stereocenters. The van der Waals surface area contributed by atoms with Crippen molar-refractivity contribution in [3.05, 3.63) is 30.1 Å². The van der Waals surface area contributed by atoms with Crippen LogP contribution in [0, 0.1) is 0 Å². The van der Waals surface area contributed by atoms with E-state index >= 15 is 0 Å². The van der Waals surface area contributed by atoms with Gasteiger partial charge in [-0.2, -0.15) is 0 Å². The summed E-state index contributed by atoms with van der Waals surface area (Å²) < 4.78 is 5.30. The summed E-state index contributed by atoms with van der Waals surface area (Å²) in [6, 6.07) is 2.37. The van der Waals surface area contributed by atoms with E-state index in [1.165, 1.54) is 6.92 Å². The largest absolute Gasteiger partial charge is 0.455 e. The van der Waals surface area contributed by atoms with Gasteiger partial charge in [0.1, 0.15) is 6.04 Å². The molecule has 126 valence electrons. The molecule has 0 spiro atoms. The lowest BCUT2D eigenvalue weighted by Gasteiger charge is -2.29. The standard InChI is InChI=1S/C15H19N3O4.ClH/c1-11(20)22-14(12-4-6-16-7-5-12)13(17-10-19)15(21)18-8-2-3-9-18;/h4-7,10,13-14H,2-3,8-9H2,1H3,(H,17,19);1H. The second-order valence-electron chi connectivity index (χ2n) is 5.11. The first-order valence-electron chi connectivity index (χ1n) is 7.19. The minimum atomic E-state index is -0.943. The zero-order valence-electron chi connectivity index (χ0n) is 12.8. The molecule has 1 aliphatic rings. The highest BCUT2D eigenvalue weighted by Gasteiger charge is 2.35. The zero-order valence-corrected chi connectivity index (χ0v) is 13.6. The number of hydrogen-bond acceptors (Lipinski definition) is 5. The number of pyridine rings is 1. The predicted molar refractivity (Wildman–Crippen MR) is 84.8 cm³/mol. The highest BCUT2D eigenvalue weighted by molar-refractivity contribution is 5.85. The Bertz CT molecular complexity index is 535. The molecule has 0 radical (unpaired) electrons. The molecule has 0 aliphatic carbocycles. The van der Waals surface area contributed by atoms with E-state index in [9.17, 15) is 14.4 Å². The maximum absolute atomic E-state index is 12.6. The Hall–Kier alpha value is -2.15. The summed E-state index contributed by atoms with van der Waals surface area (Å²) in [6.07, 6.45) is 4.55. The average molecular weight is 342 g/mol. The minimum Gasteiger partial charge on any atom is -0.455 e. The second-order valence-corrected chi connectivity index (χ2v) is 5.11. The van der Waals surface area contributed by atoms with E-state index in [4.69, 9.17) is 4.74 Å². The number of nitrogens with one attached hydrogen (secondary N) is 1. The Morgan fingerprint density at radius 1 is 1.30 bits per heavy atom. The van der Waals surface area contributed by atoms with Crippen molar-refractivity contribution in [2.45, 2.75) is 31.9 Å². The van der Waals surface area contributed by atoms with Crippen LogP contribution in [0.5, 0.6) is 0 Å². The van der Waals surface area contributed by atoms with Gasteiger partial charge in [-0.05, 0) is 30.5 Å². The molecule has 0 aromatic carbocycles. The summed E-state index contributed by atoms with van der Waals surface area (Å²) in [4.78, 5) is 40.5. The molecule has 1 aliphatic heterocycles. The molecule has 0 saturated carbocycles. The van der Waals surface area contributed by atoms with E-state index < -0.39 is 18.1 Å². The van der Waals surface area contributed by atoms with Crippen LogP contribution in [0.4, 0.5) is 0 Å². The van der Waals surface area contributed by atoms with Gasteiger partial charge in [-0.1, -0.05) is 0 Å². The van der Waals surface area contributed by atoms with Crippen LogP contribution >= 0.6 is 12.4 Å². The van der Waals surface area contributed by atoms with Crippen LogP contribution in [-0.4, -0.2) is 47.3 Å². The number of likely N-dealkylation sites (tertiary alicyclic amines) is 1. The number of carbonyl (C=O) groups excluding carboxylic acids is 3. The predicted octanol–water partition coefficient (Wildman–Crippen LogP) is 0.845. The van der Waals surface area contributed by atoms with Gasteiger partial charge in [0.25, 0.3) is 0 Å². The van der Waals surface area contributed by atoms with Crippen molar-refractivity contribution in [1.82, 2.24) is 15.2 Å².